The average molecular weight is 1100 g/mol. The molecule has 2 aromatic heterocycles. The van der Waals surface area contributed by atoms with E-state index in [0.29, 0.717) is 5.69 Å². The fraction of sp³-hybridized carbons (Fsp3) is 0.221. The van der Waals surface area contributed by atoms with Crippen LogP contribution in [0.15, 0.2) is 205 Å². The quantitative estimate of drug-likeness (QED) is 0.155. The van der Waals surface area contributed by atoms with Gasteiger partial charge in [-0.25, -0.2) is 4.39 Å². The number of halogens is 1. The van der Waals surface area contributed by atoms with E-state index in [1.54, 1.807) is 6.07 Å². The summed E-state index contributed by atoms with van der Waals surface area (Å²) in [4.78, 5) is 7.04. The van der Waals surface area contributed by atoms with Gasteiger partial charge < -0.3 is 23.7 Å². The van der Waals surface area contributed by atoms with Crippen molar-refractivity contribution in [3.8, 4) is 5.69 Å². The number of aromatic nitrogens is 1. The Morgan fingerprint density at radius 2 is 0.905 bits per heavy atom. The zero-order valence-electron chi connectivity index (χ0n) is 50.7. The first-order valence-electron chi connectivity index (χ1n) is 29.8. The van der Waals surface area contributed by atoms with E-state index in [4.69, 9.17) is 4.42 Å². The zero-order chi connectivity index (χ0) is 58.5. The predicted octanol–water partition coefficient (Wildman–Crippen LogP) is 19.9. The lowest BCUT2D eigenvalue weighted by Gasteiger charge is -2.45. The Morgan fingerprint density at radius 1 is 0.405 bits per heavy atom. The summed E-state index contributed by atoms with van der Waals surface area (Å²) in [6.07, 6.45) is 0. The lowest BCUT2D eigenvalue weighted by molar-refractivity contribution is 0.590. The predicted molar refractivity (Wildman–Crippen MR) is 356 cm³/mol. The Balaban J connectivity index is 1.19. The molecule has 14 rings (SSSR count). The van der Waals surface area contributed by atoms with Crippen molar-refractivity contribution in [1.29, 1.82) is 0 Å². The second-order valence-electron chi connectivity index (χ2n) is 27.7. The molecule has 0 amide bonds. The highest BCUT2D eigenvalue weighted by Gasteiger charge is 2.47. The molecule has 0 aliphatic carbocycles. The van der Waals surface area contributed by atoms with Crippen molar-refractivity contribution in [2.75, 3.05) is 14.7 Å². The molecule has 2 aliphatic heterocycles. The summed E-state index contributed by atoms with van der Waals surface area (Å²) >= 11 is 0. The molecule has 0 radical (unpaired) electrons. The van der Waals surface area contributed by atoms with Crippen LogP contribution in [0.5, 0.6) is 0 Å². The number of furan rings is 1. The Hall–Kier alpha value is -8.81. The summed E-state index contributed by atoms with van der Waals surface area (Å²) in [5, 5.41) is 4.53. The van der Waals surface area contributed by atoms with E-state index in [1.807, 2.05) is 19.1 Å². The molecule has 0 unspecified atom stereocenters. The third-order valence-electron chi connectivity index (χ3n) is 17.9. The van der Waals surface area contributed by atoms with Crippen LogP contribution >= 0.6 is 0 Å². The van der Waals surface area contributed by atoms with Gasteiger partial charge in [0.25, 0.3) is 6.71 Å². The molecule has 0 spiro atoms. The fourth-order valence-corrected chi connectivity index (χ4v) is 13.4. The summed E-state index contributed by atoms with van der Waals surface area (Å²) in [6.45, 7) is 29.1. The molecule has 5 nitrogen and oxygen atoms in total. The Morgan fingerprint density at radius 3 is 1.48 bits per heavy atom. The molecule has 7 heteroatoms. The van der Waals surface area contributed by atoms with E-state index in [-0.39, 0.29) is 34.2 Å². The van der Waals surface area contributed by atoms with Crippen LogP contribution < -0.4 is 31.1 Å². The Bertz CT molecular complexity index is 4510. The third-order valence-corrected chi connectivity index (χ3v) is 17.9. The van der Waals surface area contributed by atoms with Crippen LogP contribution in [0.3, 0.4) is 0 Å². The largest absolute Gasteiger partial charge is 0.456 e. The van der Waals surface area contributed by atoms with Crippen molar-refractivity contribution in [1.82, 2.24) is 4.57 Å². The normalized spacial score (nSPS) is 13.5. The van der Waals surface area contributed by atoms with E-state index in [0.717, 1.165) is 106 Å². The van der Waals surface area contributed by atoms with Crippen LogP contribution in [0, 0.1) is 12.7 Å². The fourth-order valence-electron chi connectivity index (χ4n) is 13.4. The van der Waals surface area contributed by atoms with Crippen molar-refractivity contribution in [3.05, 3.63) is 234 Å². The minimum absolute atomic E-state index is 0.0707. The maximum atomic E-state index is 17.5. The molecule has 0 atom stereocenters. The molecule has 0 saturated carbocycles. The van der Waals surface area contributed by atoms with Crippen molar-refractivity contribution in [3.63, 3.8) is 0 Å². The van der Waals surface area contributed by atoms with Gasteiger partial charge in [0.05, 0.1) is 33.5 Å². The standard InChI is InChI=1S/C77H72BFN4O/c1-47-28-36-64(60(79)40-47)83-63-39-33-51(77(11,12)13)43-59(63)78-71-66(44-55(45-67(71)83)80(52-22-16-14-17-23-52)53-24-18-15-19-25-53)81(54-34-29-48(30-35-54)74(2,3)4)68-46-65(70-56-26-20-21-27-69(56)84-73(70)72(68)78)82-61-37-31-49(75(5,6)7)41-57(61)58-42-50(76(8,9)10)32-38-62(58)82/h14-46H,1-13H3. The number of hydrogen-bond acceptors (Lipinski definition) is 4. The van der Waals surface area contributed by atoms with E-state index in [9.17, 15) is 0 Å². The van der Waals surface area contributed by atoms with Crippen LogP contribution in [-0.4, -0.2) is 11.3 Å². The van der Waals surface area contributed by atoms with Crippen LogP contribution in [-0.2, 0) is 21.7 Å². The molecule has 10 aromatic carbocycles. The second-order valence-corrected chi connectivity index (χ2v) is 27.7. The van der Waals surface area contributed by atoms with Crippen molar-refractivity contribution >= 4 is 118 Å². The van der Waals surface area contributed by atoms with E-state index in [1.165, 1.54) is 33.0 Å². The van der Waals surface area contributed by atoms with Gasteiger partial charge in [-0.2, -0.15) is 0 Å². The maximum absolute atomic E-state index is 17.5. The highest BCUT2D eigenvalue weighted by molar-refractivity contribution is 7.01. The van der Waals surface area contributed by atoms with Crippen LogP contribution in [0.25, 0.3) is 49.4 Å². The zero-order valence-corrected chi connectivity index (χ0v) is 50.7. The van der Waals surface area contributed by atoms with Crippen molar-refractivity contribution in [2.45, 2.75) is 112 Å². The minimum Gasteiger partial charge on any atom is -0.456 e. The average Bonchev–Trinajstić information content (AvgIpc) is 1.10. The van der Waals surface area contributed by atoms with E-state index in [2.05, 4.69) is 284 Å². The number of fused-ring (bicyclic) bond motifs is 11. The molecule has 2 aliphatic rings. The lowest BCUT2D eigenvalue weighted by atomic mass is 9.33. The summed E-state index contributed by atoms with van der Waals surface area (Å²) in [5.41, 5.74) is 21.9. The van der Waals surface area contributed by atoms with Gasteiger partial charge in [-0.3, -0.25) is 0 Å². The molecule has 4 heterocycles. The number of anilines is 9. The molecule has 0 fully saturated rings. The van der Waals surface area contributed by atoms with Gasteiger partial charge >= 0.3 is 0 Å². The highest BCUT2D eigenvalue weighted by Crippen LogP contribution is 2.52. The van der Waals surface area contributed by atoms with Gasteiger partial charge in [0, 0.05) is 56.0 Å². The smallest absolute Gasteiger partial charge is 0.257 e. The molecule has 12 aromatic rings. The van der Waals surface area contributed by atoms with Crippen molar-refractivity contribution < 1.29 is 8.81 Å². The molecule has 0 bridgehead atoms. The van der Waals surface area contributed by atoms with Crippen LogP contribution in [0.2, 0.25) is 0 Å². The first-order valence-corrected chi connectivity index (χ1v) is 29.8. The van der Waals surface area contributed by atoms with Gasteiger partial charge in [-0.1, -0.05) is 180 Å². The number of hydrogen-bond donors (Lipinski definition) is 0. The van der Waals surface area contributed by atoms with Gasteiger partial charge in [0.15, 0.2) is 0 Å². The Labute approximate surface area is 494 Å². The molecule has 84 heavy (non-hydrogen) atoms. The monoisotopic (exact) mass is 1100 g/mol. The molecular weight excluding hydrogens is 1030 g/mol. The highest BCUT2D eigenvalue weighted by atomic mass is 19.1. The van der Waals surface area contributed by atoms with Crippen LogP contribution in [0.4, 0.5) is 55.6 Å². The SMILES string of the molecule is Cc1ccc(N2c3ccc(C(C)(C)C)cc3B3c4c(cc(N(c5ccccc5)c5ccccc5)cc42)N(c2ccc(C(C)(C)C)cc2)c2cc(-n4c5ccc(C(C)(C)C)cc5c5cc(C(C)(C)C)ccc54)c4c(oc5ccccc54)c23)c(F)c1. The molecule has 416 valence electrons. The van der Waals surface area contributed by atoms with Gasteiger partial charge in [-0.05, 0) is 176 Å². The summed E-state index contributed by atoms with van der Waals surface area (Å²) in [6, 6.07) is 72.9. The molecular formula is C77H72BFN4O. The number of benzene rings is 10. The first-order chi connectivity index (χ1) is 40.0. The topological polar surface area (TPSA) is 27.8 Å². The Kier molecular flexibility index (Phi) is 11.9. The van der Waals surface area contributed by atoms with Gasteiger partial charge in [0.2, 0.25) is 0 Å². The molecule has 0 saturated heterocycles. The number of nitrogens with zero attached hydrogens (tertiary/aromatic N) is 4. The van der Waals surface area contributed by atoms with Crippen LogP contribution in [0.1, 0.15) is 111 Å². The number of rotatable bonds is 6. The summed E-state index contributed by atoms with van der Waals surface area (Å²) < 4.78 is 27.6. The van der Waals surface area contributed by atoms with E-state index >= 15 is 4.39 Å². The van der Waals surface area contributed by atoms with E-state index < -0.39 is 0 Å². The lowest BCUT2D eigenvalue weighted by Crippen LogP contribution is -2.61. The molecule has 0 N–H and O–H groups in total. The third kappa shape index (κ3) is 8.47. The minimum atomic E-state index is -0.368. The number of aryl methyl sites for hydroxylation is 1. The second kappa shape index (κ2) is 18.9. The maximum Gasteiger partial charge on any atom is 0.257 e. The summed E-state index contributed by atoms with van der Waals surface area (Å²) in [7, 11) is 0. The van der Waals surface area contributed by atoms with Crippen molar-refractivity contribution in [2.24, 2.45) is 0 Å². The first kappa shape index (κ1) is 53.2. The number of para-hydroxylation sites is 3. The van der Waals surface area contributed by atoms with Gasteiger partial charge in [-0.15, -0.1) is 0 Å². The van der Waals surface area contributed by atoms with Gasteiger partial charge in [0.1, 0.15) is 17.0 Å². The summed E-state index contributed by atoms with van der Waals surface area (Å²) in [5.74, 6) is -0.285.